The van der Waals surface area contributed by atoms with Crippen LogP contribution in [0.4, 0.5) is 0 Å². The first-order chi connectivity index (χ1) is 27.4. The van der Waals surface area contributed by atoms with Gasteiger partial charge in [-0.15, -0.1) is 0 Å². The Morgan fingerprint density at radius 3 is 1.91 bits per heavy atom. The number of nitrogens with zero attached hydrogens (tertiary/aromatic N) is 1. The summed E-state index contributed by atoms with van der Waals surface area (Å²) < 4.78 is 34.1. The van der Waals surface area contributed by atoms with Gasteiger partial charge in [-0.3, -0.25) is 18.6 Å². The number of esters is 2. The first kappa shape index (κ1) is 54.4. The zero-order valence-electron chi connectivity index (χ0n) is 36.4. The molecule has 0 bridgehead atoms. The average Bonchev–Trinajstić information content (AvgIpc) is 3.15. The topological polar surface area (TPSA) is 129 Å². The largest absolute Gasteiger partial charge is 0.472 e. The zero-order valence-corrected chi connectivity index (χ0v) is 37.3. The summed E-state index contributed by atoms with van der Waals surface area (Å²) in [4.78, 5) is 35.3. The number of quaternary nitrogens is 1. The summed E-state index contributed by atoms with van der Waals surface area (Å²) in [6.07, 6.45) is 42.7. The van der Waals surface area contributed by atoms with Gasteiger partial charge in [-0.2, -0.15) is 0 Å². The number of ether oxygens (including phenoxy) is 2. The lowest BCUT2D eigenvalue weighted by molar-refractivity contribution is -0.870. The summed E-state index contributed by atoms with van der Waals surface area (Å²) in [7, 11) is 1.38. The monoisotopic (exact) mass is 823 g/mol. The lowest BCUT2D eigenvalue weighted by Crippen LogP contribution is -2.37. The minimum Gasteiger partial charge on any atom is -0.462 e. The Kier molecular flexibility index (Phi) is 36.0. The number of phosphoric acid groups is 1. The van der Waals surface area contributed by atoms with Crippen molar-refractivity contribution in [2.24, 2.45) is 0 Å². The van der Waals surface area contributed by atoms with E-state index in [1.165, 1.54) is 38.5 Å². The van der Waals surface area contributed by atoms with Crippen LogP contribution in [0.15, 0.2) is 72.9 Å². The molecule has 2 unspecified atom stereocenters. The summed E-state index contributed by atoms with van der Waals surface area (Å²) >= 11 is 0. The molecule has 11 heteroatoms. The molecule has 0 amide bonds. The van der Waals surface area contributed by atoms with Crippen LogP contribution in [-0.2, 0) is 32.7 Å². The molecule has 0 saturated carbocycles. The molecule has 0 aliphatic rings. The summed E-state index contributed by atoms with van der Waals surface area (Å²) in [6.45, 7) is 4.09. The Morgan fingerprint density at radius 2 is 1.23 bits per heavy atom. The first-order valence-electron chi connectivity index (χ1n) is 21.8. The highest BCUT2D eigenvalue weighted by molar-refractivity contribution is 7.47. The molecular weight excluding hydrogens is 741 g/mol. The summed E-state index contributed by atoms with van der Waals surface area (Å²) in [5, 5.41) is 10.1. The maximum atomic E-state index is 12.7. The van der Waals surface area contributed by atoms with Gasteiger partial charge in [-0.1, -0.05) is 145 Å². The van der Waals surface area contributed by atoms with Crippen LogP contribution in [0.5, 0.6) is 0 Å². The second-order valence-electron chi connectivity index (χ2n) is 15.5. The molecule has 0 aromatic heterocycles. The van der Waals surface area contributed by atoms with Gasteiger partial charge in [0.15, 0.2) is 6.10 Å². The highest BCUT2D eigenvalue weighted by atomic mass is 31.2. The van der Waals surface area contributed by atoms with Crippen LogP contribution >= 0.6 is 7.82 Å². The average molecular weight is 823 g/mol. The van der Waals surface area contributed by atoms with Crippen molar-refractivity contribution in [2.45, 2.75) is 161 Å². The SMILES string of the molecule is CC/C=C/C/C=C/C=C/C(O)CCCCCCCC(=O)OC[C@H](COP(=O)(O)OCC[N+](C)(C)C)OC(=O)CCC/C=C\C/C=C\C/C=C\CCCCCCCC. The molecule has 0 radical (unpaired) electrons. The third-order valence-electron chi connectivity index (χ3n) is 8.82. The van der Waals surface area contributed by atoms with E-state index in [9.17, 15) is 24.2 Å². The van der Waals surface area contributed by atoms with Gasteiger partial charge in [0.2, 0.25) is 0 Å². The number of phosphoric ester groups is 1. The van der Waals surface area contributed by atoms with Gasteiger partial charge in [0, 0.05) is 12.8 Å². The molecule has 57 heavy (non-hydrogen) atoms. The Morgan fingerprint density at radius 1 is 0.649 bits per heavy atom. The second-order valence-corrected chi connectivity index (χ2v) is 17.0. The first-order valence-corrected chi connectivity index (χ1v) is 23.3. The van der Waals surface area contributed by atoms with Crippen LogP contribution in [-0.4, -0.2) is 86.1 Å². The minimum absolute atomic E-state index is 0.00301. The Bertz CT molecular complexity index is 1220. The van der Waals surface area contributed by atoms with Gasteiger partial charge >= 0.3 is 19.8 Å². The number of hydrogen-bond donors (Lipinski definition) is 2. The summed E-state index contributed by atoms with van der Waals surface area (Å²) in [5.41, 5.74) is 0. The fourth-order valence-corrected chi connectivity index (χ4v) is 6.13. The quantitative estimate of drug-likeness (QED) is 0.0156. The molecule has 0 spiro atoms. The lowest BCUT2D eigenvalue weighted by atomic mass is 10.1. The number of rotatable bonds is 38. The fourth-order valence-electron chi connectivity index (χ4n) is 5.39. The van der Waals surface area contributed by atoms with E-state index in [2.05, 4.69) is 62.5 Å². The van der Waals surface area contributed by atoms with Crippen molar-refractivity contribution in [3.05, 3.63) is 72.9 Å². The second kappa shape index (κ2) is 37.7. The van der Waals surface area contributed by atoms with Crippen LogP contribution < -0.4 is 0 Å². The van der Waals surface area contributed by atoms with E-state index in [0.29, 0.717) is 36.7 Å². The van der Waals surface area contributed by atoms with Gasteiger partial charge in [-0.05, 0) is 64.2 Å². The number of hydrogen-bond acceptors (Lipinski definition) is 8. The molecule has 2 N–H and O–H groups in total. The Labute approximate surface area is 347 Å². The predicted octanol–water partition coefficient (Wildman–Crippen LogP) is 11.2. The van der Waals surface area contributed by atoms with Crippen LogP contribution in [0, 0.1) is 0 Å². The highest BCUT2D eigenvalue weighted by Crippen LogP contribution is 2.43. The third-order valence-corrected chi connectivity index (χ3v) is 9.81. The van der Waals surface area contributed by atoms with Crippen molar-refractivity contribution in [1.29, 1.82) is 0 Å². The Balaban J connectivity index is 4.55. The lowest BCUT2D eigenvalue weighted by Gasteiger charge is -2.24. The van der Waals surface area contributed by atoms with E-state index in [1.807, 2.05) is 39.4 Å². The molecule has 0 aromatic rings. The molecule has 0 aromatic carbocycles. The van der Waals surface area contributed by atoms with E-state index >= 15 is 0 Å². The molecule has 3 atom stereocenters. The molecule has 0 rings (SSSR count). The van der Waals surface area contributed by atoms with Crippen molar-refractivity contribution in [3.8, 4) is 0 Å². The molecule has 0 saturated heterocycles. The smallest absolute Gasteiger partial charge is 0.462 e. The van der Waals surface area contributed by atoms with E-state index in [0.717, 1.165) is 57.8 Å². The van der Waals surface area contributed by atoms with Crippen LogP contribution in [0.1, 0.15) is 149 Å². The molecule has 0 heterocycles. The molecule has 0 aliphatic carbocycles. The molecule has 328 valence electrons. The molecule has 0 fully saturated rings. The number of aliphatic hydroxyl groups excluding tert-OH is 1. The molecule has 0 aliphatic heterocycles. The van der Waals surface area contributed by atoms with Gasteiger partial charge in [0.05, 0.1) is 33.9 Å². The number of carbonyl (C=O) groups excluding carboxylic acids is 2. The van der Waals surface area contributed by atoms with Crippen LogP contribution in [0.3, 0.4) is 0 Å². The molecule has 10 nitrogen and oxygen atoms in total. The predicted molar refractivity (Wildman–Crippen MR) is 235 cm³/mol. The number of allylic oxidation sites excluding steroid dienone is 11. The highest BCUT2D eigenvalue weighted by Gasteiger charge is 2.27. The normalized spacial score (nSPS) is 14.9. The minimum atomic E-state index is -4.41. The number of aliphatic hydroxyl groups is 1. The maximum Gasteiger partial charge on any atom is 0.472 e. The summed E-state index contributed by atoms with van der Waals surface area (Å²) in [6, 6.07) is 0. The molecular formula is C46H81NO9P+. The summed E-state index contributed by atoms with van der Waals surface area (Å²) in [5.74, 6) is -0.944. The Hall–Kier alpha value is -2.59. The number of unbranched alkanes of at least 4 members (excludes halogenated alkanes) is 11. The van der Waals surface area contributed by atoms with Crippen molar-refractivity contribution in [3.63, 3.8) is 0 Å². The standard InChI is InChI=1S/C46H80NO9P/c1-6-8-10-12-14-15-16-17-18-19-20-21-22-23-25-29-34-38-46(50)56-44(42-55-57(51,52)54-40-39-47(3,4)5)41-53-45(49)37-33-30-26-28-32-36-43(48)35-31-27-24-13-11-9-7-2/h9,11,17-18,20-21,23-25,27,31,35,43-44,48H,6-8,10,12-16,19,22,26,28-30,32-34,36-42H2,1-5H3/p+1/b11-9+,18-17-,21-20-,25-23-,27-24+,35-31+/t43?,44-/m1/s1. The maximum absolute atomic E-state index is 12.7. The van der Waals surface area contributed by atoms with Crippen molar-refractivity contribution in [2.75, 3.05) is 47.5 Å². The van der Waals surface area contributed by atoms with Crippen molar-refractivity contribution >= 4 is 19.8 Å². The van der Waals surface area contributed by atoms with Crippen molar-refractivity contribution < 1.29 is 47.2 Å². The van der Waals surface area contributed by atoms with Gasteiger partial charge in [0.25, 0.3) is 0 Å². The van der Waals surface area contributed by atoms with Crippen LogP contribution in [0.25, 0.3) is 0 Å². The van der Waals surface area contributed by atoms with Crippen LogP contribution in [0.2, 0.25) is 0 Å². The van der Waals surface area contributed by atoms with E-state index in [4.69, 9.17) is 18.5 Å². The third kappa shape index (κ3) is 41.4. The zero-order chi connectivity index (χ0) is 42.3. The van der Waals surface area contributed by atoms with E-state index in [1.54, 1.807) is 6.08 Å². The van der Waals surface area contributed by atoms with E-state index in [-0.39, 0.29) is 26.1 Å². The van der Waals surface area contributed by atoms with Crippen molar-refractivity contribution in [1.82, 2.24) is 0 Å². The van der Waals surface area contributed by atoms with Gasteiger partial charge in [-0.25, -0.2) is 4.57 Å². The van der Waals surface area contributed by atoms with Gasteiger partial charge in [0.1, 0.15) is 19.8 Å². The fraction of sp³-hybridized carbons (Fsp3) is 0.696. The number of likely N-dealkylation sites (N-methyl/N-ethyl adjacent to an activating group) is 1. The number of carbonyl (C=O) groups is 2. The van der Waals surface area contributed by atoms with E-state index < -0.39 is 38.6 Å². The van der Waals surface area contributed by atoms with Gasteiger partial charge < -0.3 is 24.0 Å².